The van der Waals surface area contributed by atoms with E-state index >= 15 is 0 Å². The number of nitrogens with zero attached hydrogens (tertiary/aromatic N) is 4. The number of aryl methyl sites for hydroxylation is 2. The number of hydrogen-bond donors (Lipinski definition) is 1. The van der Waals surface area contributed by atoms with Gasteiger partial charge in [0.15, 0.2) is 5.52 Å². The lowest BCUT2D eigenvalue weighted by Crippen LogP contribution is -2.30. The molecule has 4 rings (SSSR count). The van der Waals surface area contributed by atoms with Gasteiger partial charge in [0.05, 0.1) is 17.9 Å². The monoisotopic (exact) mass is 399 g/mol. The highest BCUT2D eigenvalue weighted by molar-refractivity contribution is 7.97. The Balaban J connectivity index is 1.84. The fourth-order valence-corrected chi connectivity index (χ4v) is 4.38. The van der Waals surface area contributed by atoms with Crippen molar-refractivity contribution in [2.75, 3.05) is 19.7 Å². The van der Waals surface area contributed by atoms with Crippen LogP contribution in [0, 0.1) is 0 Å². The summed E-state index contributed by atoms with van der Waals surface area (Å²) in [5.74, 6) is 1.25. The summed E-state index contributed by atoms with van der Waals surface area (Å²) in [5.41, 5.74) is 2.66. The SMILES string of the molecule is CCCc1nn(C)c2c(=O)[nH]c(-c3cc(SN4CCC4)ccc3OCC)nc12. The third-order valence-corrected chi connectivity index (χ3v) is 5.89. The summed E-state index contributed by atoms with van der Waals surface area (Å²) in [4.78, 5) is 21.6. The van der Waals surface area contributed by atoms with E-state index in [0.717, 1.165) is 47.8 Å². The highest BCUT2D eigenvalue weighted by Crippen LogP contribution is 2.35. The first-order valence-electron chi connectivity index (χ1n) is 9.76. The van der Waals surface area contributed by atoms with Gasteiger partial charge in [-0.2, -0.15) is 5.10 Å². The standard InChI is InChI=1S/C20H25N5O2S/c1-4-7-15-17-18(24(3)23-15)20(26)22-19(21-17)14-12-13(28-25-10-6-11-25)8-9-16(14)27-5-2/h8-9,12H,4-7,10-11H2,1-3H3,(H,21,22,26). The molecule has 148 valence electrons. The van der Waals surface area contributed by atoms with E-state index < -0.39 is 0 Å². The number of aromatic amines is 1. The molecule has 0 aliphatic carbocycles. The van der Waals surface area contributed by atoms with Crippen molar-refractivity contribution in [3.05, 3.63) is 34.2 Å². The number of fused-ring (bicyclic) bond motifs is 1. The highest BCUT2D eigenvalue weighted by atomic mass is 32.2. The predicted molar refractivity (Wildman–Crippen MR) is 112 cm³/mol. The molecule has 0 saturated carbocycles. The second kappa shape index (κ2) is 7.97. The van der Waals surface area contributed by atoms with Crippen LogP contribution in [-0.2, 0) is 13.5 Å². The number of nitrogens with one attached hydrogen (secondary N) is 1. The van der Waals surface area contributed by atoms with Crippen LogP contribution in [0.15, 0.2) is 27.9 Å². The van der Waals surface area contributed by atoms with Gasteiger partial charge in [-0.15, -0.1) is 0 Å². The fourth-order valence-electron chi connectivity index (χ4n) is 3.34. The van der Waals surface area contributed by atoms with Crippen LogP contribution in [0.5, 0.6) is 5.75 Å². The molecule has 1 saturated heterocycles. The normalized spacial score (nSPS) is 14.4. The Hall–Kier alpha value is -2.32. The van der Waals surface area contributed by atoms with Crippen LogP contribution in [0.25, 0.3) is 22.4 Å². The van der Waals surface area contributed by atoms with Crippen LogP contribution in [-0.4, -0.2) is 43.8 Å². The van der Waals surface area contributed by atoms with E-state index in [1.807, 2.05) is 19.1 Å². The van der Waals surface area contributed by atoms with Gasteiger partial charge in [0.1, 0.15) is 17.1 Å². The summed E-state index contributed by atoms with van der Waals surface area (Å²) >= 11 is 1.73. The molecule has 28 heavy (non-hydrogen) atoms. The molecule has 0 bridgehead atoms. The van der Waals surface area contributed by atoms with Gasteiger partial charge in [-0.05, 0) is 49.9 Å². The number of rotatable bonds is 7. The lowest BCUT2D eigenvalue weighted by Gasteiger charge is -2.29. The molecule has 0 atom stereocenters. The molecule has 1 aromatic carbocycles. The average molecular weight is 400 g/mol. The highest BCUT2D eigenvalue weighted by Gasteiger charge is 2.19. The van der Waals surface area contributed by atoms with Crippen molar-refractivity contribution >= 4 is 23.0 Å². The minimum Gasteiger partial charge on any atom is -0.493 e. The Bertz CT molecular complexity index is 1050. The van der Waals surface area contributed by atoms with E-state index in [4.69, 9.17) is 9.72 Å². The number of H-pyrrole nitrogens is 1. The molecule has 1 aliphatic heterocycles. The Morgan fingerprint density at radius 1 is 1.29 bits per heavy atom. The lowest BCUT2D eigenvalue weighted by atomic mass is 10.1. The second-order valence-corrected chi connectivity index (χ2v) is 8.07. The smallest absolute Gasteiger partial charge is 0.277 e. The summed E-state index contributed by atoms with van der Waals surface area (Å²) in [6, 6.07) is 6.07. The van der Waals surface area contributed by atoms with E-state index in [2.05, 4.69) is 27.4 Å². The molecule has 3 aromatic rings. The van der Waals surface area contributed by atoms with Crippen molar-refractivity contribution < 1.29 is 4.74 Å². The van der Waals surface area contributed by atoms with E-state index in [0.29, 0.717) is 23.5 Å². The predicted octanol–water partition coefficient (Wildman–Crippen LogP) is 3.39. The zero-order chi connectivity index (χ0) is 19.7. The minimum absolute atomic E-state index is 0.180. The van der Waals surface area contributed by atoms with Crippen molar-refractivity contribution in [1.82, 2.24) is 24.1 Å². The quantitative estimate of drug-likeness (QED) is 0.614. The minimum atomic E-state index is -0.180. The van der Waals surface area contributed by atoms with E-state index in [1.54, 1.807) is 23.7 Å². The number of hydrogen-bond acceptors (Lipinski definition) is 6. The largest absolute Gasteiger partial charge is 0.493 e. The topological polar surface area (TPSA) is 76.0 Å². The first-order chi connectivity index (χ1) is 13.6. The molecule has 3 heterocycles. The van der Waals surface area contributed by atoms with E-state index in [-0.39, 0.29) is 5.56 Å². The molecule has 8 heteroatoms. The zero-order valence-corrected chi connectivity index (χ0v) is 17.3. The molecule has 7 nitrogen and oxygen atoms in total. The Morgan fingerprint density at radius 3 is 2.79 bits per heavy atom. The maximum absolute atomic E-state index is 12.8. The van der Waals surface area contributed by atoms with E-state index in [9.17, 15) is 4.79 Å². The molecule has 1 fully saturated rings. The van der Waals surface area contributed by atoms with Crippen LogP contribution in [0.4, 0.5) is 0 Å². The van der Waals surface area contributed by atoms with Crippen molar-refractivity contribution in [3.8, 4) is 17.1 Å². The summed E-state index contributed by atoms with van der Waals surface area (Å²) in [6.07, 6.45) is 2.97. The Morgan fingerprint density at radius 2 is 2.11 bits per heavy atom. The van der Waals surface area contributed by atoms with Gasteiger partial charge in [-0.25, -0.2) is 9.29 Å². The summed E-state index contributed by atoms with van der Waals surface area (Å²) < 4.78 is 9.76. The molecule has 0 amide bonds. The van der Waals surface area contributed by atoms with E-state index in [1.165, 1.54) is 6.42 Å². The first-order valence-corrected chi connectivity index (χ1v) is 10.5. The van der Waals surface area contributed by atoms with Gasteiger partial charge < -0.3 is 9.72 Å². The lowest BCUT2D eigenvalue weighted by molar-refractivity contribution is 0.340. The molecule has 0 unspecified atom stereocenters. The van der Waals surface area contributed by atoms with Crippen LogP contribution in [0.1, 0.15) is 32.4 Å². The number of aromatic nitrogens is 4. The van der Waals surface area contributed by atoms with Gasteiger partial charge in [0, 0.05) is 25.0 Å². The van der Waals surface area contributed by atoms with Gasteiger partial charge >= 0.3 is 0 Å². The summed E-state index contributed by atoms with van der Waals surface area (Å²) in [7, 11) is 1.79. The number of benzene rings is 1. The molecular weight excluding hydrogens is 374 g/mol. The Kier molecular flexibility index (Phi) is 5.41. The second-order valence-electron chi connectivity index (χ2n) is 6.90. The molecule has 1 N–H and O–H groups in total. The van der Waals surface area contributed by atoms with Gasteiger partial charge in [-0.3, -0.25) is 9.48 Å². The molecular formula is C20H25N5O2S. The van der Waals surface area contributed by atoms with Crippen molar-refractivity contribution in [3.63, 3.8) is 0 Å². The summed E-state index contributed by atoms with van der Waals surface area (Å²) in [6.45, 7) is 6.80. The third kappa shape index (κ3) is 3.54. The van der Waals surface area contributed by atoms with Gasteiger partial charge in [0.2, 0.25) is 0 Å². The van der Waals surface area contributed by atoms with Crippen LogP contribution < -0.4 is 10.3 Å². The maximum atomic E-state index is 12.8. The van der Waals surface area contributed by atoms with Crippen molar-refractivity contribution in [2.45, 2.75) is 38.0 Å². The van der Waals surface area contributed by atoms with Gasteiger partial charge in [0.25, 0.3) is 5.56 Å². The average Bonchev–Trinajstić information content (AvgIpc) is 2.96. The molecule has 0 spiro atoms. The van der Waals surface area contributed by atoms with Crippen molar-refractivity contribution in [1.29, 1.82) is 0 Å². The van der Waals surface area contributed by atoms with Crippen molar-refractivity contribution in [2.24, 2.45) is 7.05 Å². The third-order valence-electron chi connectivity index (χ3n) is 4.80. The Labute approximate surface area is 168 Å². The molecule has 0 radical (unpaired) electrons. The summed E-state index contributed by atoms with van der Waals surface area (Å²) in [5, 5.41) is 4.50. The fraction of sp³-hybridized carbons (Fsp3) is 0.450. The zero-order valence-electron chi connectivity index (χ0n) is 16.5. The number of ether oxygens (including phenoxy) is 1. The van der Waals surface area contributed by atoms with Crippen LogP contribution in [0.2, 0.25) is 0 Å². The molecule has 1 aliphatic rings. The molecule has 2 aromatic heterocycles. The van der Waals surface area contributed by atoms with Gasteiger partial charge in [-0.1, -0.05) is 13.3 Å². The van der Waals surface area contributed by atoms with Crippen LogP contribution in [0.3, 0.4) is 0 Å². The van der Waals surface area contributed by atoms with Crippen LogP contribution >= 0.6 is 11.9 Å². The maximum Gasteiger partial charge on any atom is 0.277 e. The first kappa shape index (κ1) is 19.0.